The van der Waals surface area contributed by atoms with Gasteiger partial charge in [-0.2, -0.15) is 0 Å². The Balaban J connectivity index is 1.90. The number of benzene rings is 1. The van der Waals surface area contributed by atoms with E-state index in [2.05, 4.69) is 15.3 Å². The van der Waals surface area contributed by atoms with Gasteiger partial charge >= 0.3 is 0 Å². The average molecular weight is 291 g/mol. The Morgan fingerprint density at radius 3 is 2.60 bits per heavy atom. The van der Waals surface area contributed by atoms with Crippen molar-refractivity contribution in [3.8, 4) is 0 Å². The van der Waals surface area contributed by atoms with Crippen molar-refractivity contribution in [3.05, 3.63) is 53.9 Å². The number of pyridine rings is 1. The van der Waals surface area contributed by atoms with E-state index in [0.29, 0.717) is 15.8 Å². The Bertz CT molecular complexity index is 750. The lowest BCUT2D eigenvalue weighted by Crippen LogP contribution is -2.11. The zero-order valence-electron chi connectivity index (χ0n) is 9.93. The van der Waals surface area contributed by atoms with Crippen LogP contribution in [-0.4, -0.2) is 15.9 Å². The second kappa shape index (κ2) is 4.93. The molecule has 1 aromatic carbocycles. The molecule has 0 aliphatic heterocycles. The number of hydrogen-bond donors (Lipinski definition) is 1. The molecule has 0 aliphatic rings. The molecular weight excluding hydrogens is 284 g/mol. The van der Waals surface area contributed by atoms with Gasteiger partial charge in [0.15, 0.2) is 16.8 Å². The van der Waals surface area contributed by atoms with Crippen molar-refractivity contribution in [2.24, 2.45) is 0 Å². The summed E-state index contributed by atoms with van der Waals surface area (Å²) in [5.41, 5.74) is 0.732. The van der Waals surface area contributed by atoms with Crippen LogP contribution in [0.1, 0.15) is 10.4 Å². The molecule has 3 rings (SSSR count). The van der Waals surface area contributed by atoms with Crippen LogP contribution in [0.4, 0.5) is 13.9 Å². The largest absolute Gasteiger partial charge is 0.298 e. The molecule has 2 aromatic heterocycles. The molecule has 2 heterocycles. The molecule has 0 saturated carbocycles. The van der Waals surface area contributed by atoms with Crippen molar-refractivity contribution < 1.29 is 13.6 Å². The van der Waals surface area contributed by atoms with Gasteiger partial charge in [-0.3, -0.25) is 15.1 Å². The van der Waals surface area contributed by atoms with E-state index >= 15 is 0 Å². The number of fused-ring (bicyclic) bond motifs is 1. The van der Waals surface area contributed by atoms with E-state index in [1.54, 1.807) is 12.1 Å². The minimum Gasteiger partial charge on any atom is -0.298 e. The van der Waals surface area contributed by atoms with Gasteiger partial charge in [-0.25, -0.2) is 13.8 Å². The zero-order valence-corrected chi connectivity index (χ0v) is 10.7. The average Bonchev–Trinajstić information content (AvgIpc) is 2.81. The highest BCUT2D eigenvalue weighted by Gasteiger charge is 2.12. The first-order valence-corrected chi connectivity index (χ1v) is 6.42. The molecule has 7 heteroatoms. The third kappa shape index (κ3) is 2.35. The number of hydrogen-bond acceptors (Lipinski definition) is 4. The summed E-state index contributed by atoms with van der Waals surface area (Å²) in [5.74, 6) is -2.25. The standard InChI is InChI=1S/C13H7F2N3OS/c14-8-5-10-11(6-9(8)15)20-13(17-10)18-12(19)7-1-3-16-4-2-7/h1-6H,(H,17,18,19). The van der Waals surface area contributed by atoms with Crippen molar-refractivity contribution in [2.45, 2.75) is 0 Å². The molecule has 1 N–H and O–H groups in total. The second-order valence-electron chi connectivity index (χ2n) is 3.94. The highest BCUT2D eigenvalue weighted by Crippen LogP contribution is 2.28. The van der Waals surface area contributed by atoms with E-state index in [-0.39, 0.29) is 11.0 Å². The van der Waals surface area contributed by atoms with E-state index in [9.17, 15) is 13.6 Å². The molecule has 3 aromatic rings. The summed E-state index contributed by atoms with van der Waals surface area (Å²) in [6.45, 7) is 0. The number of nitrogens with one attached hydrogen (secondary N) is 1. The fourth-order valence-corrected chi connectivity index (χ4v) is 2.52. The van der Waals surface area contributed by atoms with Gasteiger partial charge in [0.05, 0.1) is 10.2 Å². The van der Waals surface area contributed by atoms with Crippen LogP contribution < -0.4 is 5.32 Å². The van der Waals surface area contributed by atoms with Crippen LogP contribution in [0.25, 0.3) is 10.2 Å². The van der Waals surface area contributed by atoms with Gasteiger partial charge in [0, 0.05) is 24.0 Å². The second-order valence-corrected chi connectivity index (χ2v) is 4.97. The van der Waals surface area contributed by atoms with Crippen LogP contribution in [0.3, 0.4) is 0 Å². The normalized spacial score (nSPS) is 10.7. The fraction of sp³-hybridized carbons (Fsp3) is 0. The number of thiazole rings is 1. The summed E-state index contributed by atoms with van der Waals surface area (Å²) in [6.07, 6.45) is 3.00. The maximum absolute atomic E-state index is 13.1. The lowest BCUT2D eigenvalue weighted by atomic mass is 10.2. The molecule has 100 valence electrons. The maximum Gasteiger partial charge on any atom is 0.257 e. The van der Waals surface area contributed by atoms with Crippen LogP contribution in [-0.2, 0) is 0 Å². The van der Waals surface area contributed by atoms with Gasteiger partial charge in [0.2, 0.25) is 0 Å². The summed E-state index contributed by atoms with van der Waals surface area (Å²) >= 11 is 1.08. The molecule has 4 nitrogen and oxygen atoms in total. The molecule has 0 atom stereocenters. The smallest absolute Gasteiger partial charge is 0.257 e. The third-order valence-corrected chi connectivity index (χ3v) is 3.53. The maximum atomic E-state index is 13.1. The van der Waals surface area contributed by atoms with E-state index in [4.69, 9.17) is 0 Å². The molecule has 0 bridgehead atoms. The number of halogens is 2. The number of amides is 1. The van der Waals surface area contributed by atoms with Crippen LogP contribution in [0.15, 0.2) is 36.7 Å². The molecule has 0 fully saturated rings. The Labute approximate surface area is 116 Å². The molecule has 0 saturated heterocycles. The summed E-state index contributed by atoms with van der Waals surface area (Å²) in [6, 6.07) is 5.18. The fourth-order valence-electron chi connectivity index (χ4n) is 1.65. The summed E-state index contributed by atoms with van der Waals surface area (Å²) in [4.78, 5) is 19.8. The topological polar surface area (TPSA) is 54.9 Å². The van der Waals surface area contributed by atoms with Gasteiger partial charge in [-0.1, -0.05) is 11.3 Å². The van der Waals surface area contributed by atoms with E-state index in [0.717, 1.165) is 23.5 Å². The predicted molar refractivity (Wildman–Crippen MR) is 71.7 cm³/mol. The minimum absolute atomic E-state index is 0.284. The highest BCUT2D eigenvalue weighted by atomic mass is 32.1. The Morgan fingerprint density at radius 2 is 1.85 bits per heavy atom. The molecule has 20 heavy (non-hydrogen) atoms. The summed E-state index contributed by atoms with van der Waals surface area (Å²) < 4.78 is 26.6. The van der Waals surface area contributed by atoms with Crippen LogP contribution >= 0.6 is 11.3 Å². The van der Waals surface area contributed by atoms with Crippen LogP contribution in [0.5, 0.6) is 0 Å². The lowest BCUT2D eigenvalue weighted by Gasteiger charge is -1.99. The molecular formula is C13H7F2N3OS. The van der Waals surface area contributed by atoms with Crippen molar-refractivity contribution in [1.82, 2.24) is 9.97 Å². The highest BCUT2D eigenvalue weighted by molar-refractivity contribution is 7.22. The number of carbonyl (C=O) groups is 1. The number of rotatable bonds is 2. The van der Waals surface area contributed by atoms with Crippen molar-refractivity contribution in [2.75, 3.05) is 5.32 Å². The van der Waals surface area contributed by atoms with Gasteiger partial charge in [0.25, 0.3) is 5.91 Å². The molecule has 1 amide bonds. The van der Waals surface area contributed by atoms with Crippen molar-refractivity contribution in [3.63, 3.8) is 0 Å². The van der Waals surface area contributed by atoms with Crippen LogP contribution in [0.2, 0.25) is 0 Å². The first-order valence-electron chi connectivity index (χ1n) is 5.60. The number of carbonyl (C=O) groups excluding carboxylic acids is 1. The Hall–Kier alpha value is -2.41. The van der Waals surface area contributed by atoms with Gasteiger partial charge in [-0.15, -0.1) is 0 Å². The lowest BCUT2D eigenvalue weighted by molar-refractivity contribution is 0.102. The molecule has 0 spiro atoms. The third-order valence-electron chi connectivity index (χ3n) is 2.59. The first kappa shape index (κ1) is 12.6. The SMILES string of the molecule is O=C(Nc1nc2cc(F)c(F)cc2s1)c1ccncc1. The summed E-state index contributed by atoms with van der Waals surface area (Å²) in [5, 5.41) is 2.87. The number of aromatic nitrogens is 2. The van der Waals surface area contributed by atoms with E-state index < -0.39 is 11.6 Å². The van der Waals surface area contributed by atoms with Crippen molar-refractivity contribution in [1.29, 1.82) is 0 Å². The quantitative estimate of drug-likeness (QED) is 0.788. The first-order chi connectivity index (χ1) is 9.63. The molecule has 0 aliphatic carbocycles. The zero-order chi connectivity index (χ0) is 14.1. The van der Waals surface area contributed by atoms with Crippen LogP contribution in [0, 0.1) is 11.6 Å². The van der Waals surface area contributed by atoms with Crippen molar-refractivity contribution >= 4 is 32.6 Å². The van der Waals surface area contributed by atoms with Gasteiger partial charge < -0.3 is 0 Å². The van der Waals surface area contributed by atoms with E-state index in [1.165, 1.54) is 12.4 Å². The number of nitrogens with zero attached hydrogens (tertiary/aromatic N) is 2. The summed E-state index contributed by atoms with van der Waals surface area (Å²) in [7, 11) is 0. The van der Waals surface area contributed by atoms with E-state index in [1.807, 2.05) is 0 Å². The minimum atomic E-state index is -0.963. The predicted octanol–water partition coefficient (Wildman–Crippen LogP) is 3.22. The van der Waals surface area contributed by atoms with Gasteiger partial charge in [-0.05, 0) is 18.2 Å². The Morgan fingerprint density at radius 1 is 1.15 bits per heavy atom. The molecule has 0 unspecified atom stereocenters. The Kier molecular flexibility index (Phi) is 3.11. The van der Waals surface area contributed by atoms with Gasteiger partial charge in [0.1, 0.15) is 0 Å². The molecule has 0 radical (unpaired) electrons. The number of anilines is 1. The monoisotopic (exact) mass is 291 g/mol.